The molecule has 0 spiro atoms. The summed E-state index contributed by atoms with van der Waals surface area (Å²) in [4.78, 5) is 26.8. The third-order valence-corrected chi connectivity index (χ3v) is 4.83. The second-order valence-electron chi connectivity index (χ2n) is 5.54. The number of nitrogens with one attached hydrogen (secondary N) is 1. The van der Waals surface area contributed by atoms with Crippen LogP contribution in [-0.2, 0) is 4.79 Å². The van der Waals surface area contributed by atoms with E-state index in [0.29, 0.717) is 23.0 Å². The Morgan fingerprint density at radius 2 is 2.13 bits per heavy atom. The summed E-state index contributed by atoms with van der Waals surface area (Å²) in [6, 6.07) is 8.80. The zero-order valence-electron chi connectivity index (χ0n) is 13.0. The molecule has 1 aliphatic rings. The van der Waals surface area contributed by atoms with E-state index >= 15 is 0 Å². The molecule has 2 heterocycles. The summed E-state index contributed by atoms with van der Waals surface area (Å²) in [5, 5.41) is 2.90. The largest absolute Gasteiger partial charge is 0.469 e. The number of carbonyl (C=O) groups excluding carboxylic acids is 2. The summed E-state index contributed by atoms with van der Waals surface area (Å²) in [6.07, 6.45) is 1.49. The van der Waals surface area contributed by atoms with Crippen LogP contribution < -0.4 is 5.32 Å². The molecule has 1 aromatic heterocycles. The van der Waals surface area contributed by atoms with Gasteiger partial charge >= 0.3 is 0 Å². The van der Waals surface area contributed by atoms with E-state index in [1.807, 2.05) is 31.2 Å². The van der Waals surface area contributed by atoms with Crippen LogP contribution in [0, 0.1) is 13.8 Å². The van der Waals surface area contributed by atoms with Gasteiger partial charge in [0.25, 0.3) is 5.91 Å². The fraction of sp³-hybridized carbons (Fsp3) is 0.294. The average Bonchev–Trinajstić information content (AvgIpc) is 3.15. The van der Waals surface area contributed by atoms with E-state index in [-0.39, 0.29) is 11.8 Å². The van der Waals surface area contributed by atoms with Gasteiger partial charge in [-0.3, -0.25) is 9.59 Å². The lowest BCUT2D eigenvalue weighted by atomic mass is 10.2. The number of thioether (sulfide) groups is 1. The van der Waals surface area contributed by atoms with Crippen molar-refractivity contribution in [1.82, 2.24) is 4.90 Å². The Labute approximate surface area is 139 Å². The molecule has 1 N–H and O–H groups in total. The molecule has 1 saturated heterocycles. The minimum absolute atomic E-state index is 0.157. The van der Waals surface area contributed by atoms with Crippen LogP contribution in [0.2, 0.25) is 0 Å². The van der Waals surface area contributed by atoms with E-state index in [9.17, 15) is 9.59 Å². The summed E-state index contributed by atoms with van der Waals surface area (Å²) < 4.78 is 5.19. The zero-order valence-corrected chi connectivity index (χ0v) is 13.9. The molecular formula is C17H18N2O3S. The van der Waals surface area contributed by atoms with Crippen molar-refractivity contribution in [3.63, 3.8) is 0 Å². The van der Waals surface area contributed by atoms with Crippen LogP contribution in [0.1, 0.15) is 21.7 Å². The fourth-order valence-electron chi connectivity index (χ4n) is 2.57. The molecule has 2 amide bonds. The molecule has 2 aromatic rings. The van der Waals surface area contributed by atoms with Crippen LogP contribution >= 0.6 is 11.8 Å². The van der Waals surface area contributed by atoms with Gasteiger partial charge < -0.3 is 14.6 Å². The van der Waals surface area contributed by atoms with Crippen molar-refractivity contribution in [2.75, 3.05) is 16.9 Å². The zero-order chi connectivity index (χ0) is 16.4. The lowest BCUT2D eigenvalue weighted by Gasteiger charge is -2.23. The number of amides is 2. The molecule has 1 unspecified atom stereocenters. The van der Waals surface area contributed by atoms with E-state index < -0.39 is 6.04 Å². The average molecular weight is 330 g/mol. The first-order valence-electron chi connectivity index (χ1n) is 7.36. The number of nitrogens with zero attached hydrogens (tertiary/aromatic N) is 1. The van der Waals surface area contributed by atoms with Gasteiger partial charge in [-0.25, -0.2) is 0 Å². The number of rotatable bonds is 3. The second kappa shape index (κ2) is 6.50. The first kappa shape index (κ1) is 15.7. The van der Waals surface area contributed by atoms with Gasteiger partial charge in [-0.05, 0) is 37.6 Å². The minimum Gasteiger partial charge on any atom is -0.469 e. The molecule has 0 aliphatic carbocycles. The molecule has 1 aromatic carbocycles. The van der Waals surface area contributed by atoms with Crippen molar-refractivity contribution >= 4 is 29.3 Å². The molecule has 23 heavy (non-hydrogen) atoms. The van der Waals surface area contributed by atoms with Crippen LogP contribution in [0.3, 0.4) is 0 Å². The molecule has 6 heteroatoms. The smallest absolute Gasteiger partial charge is 0.258 e. The summed E-state index contributed by atoms with van der Waals surface area (Å²) in [5.41, 5.74) is 2.34. The highest BCUT2D eigenvalue weighted by molar-refractivity contribution is 7.99. The maximum atomic E-state index is 12.6. The maximum absolute atomic E-state index is 12.6. The van der Waals surface area contributed by atoms with Crippen molar-refractivity contribution in [3.8, 4) is 0 Å². The van der Waals surface area contributed by atoms with Gasteiger partial charge in [0.15, 0.2) is 0 Å². The van der Waals surface area contributed by atoms with Crippen LogP contribution in [0.5, 0.6) is 0 Å². The topological polar surface area (TPSA) is 62.6 Å². The molecule has 120 valence electrons. The van der Waals surface area contributed by atoms with Gasteiger partial charge in [0.05, 0.1) is 17.7 Å². The highest BCUT2D eigenvalue weighted by Gasteiger charge is 2.36. The quantitative estimate of drug-likeness (QED) is 0.939. The fourth-order valence-corrected chi connectivity index (χ4v) is 3.72. The predicted molar refractivity (Wildman–Crippen MR) is 90.5 cm³/mol. The number of furan rings is 1. The number of benzene rings is 1. The van der Waals surface area contributed by atoms with Crippen LogP contribution in [0.25, 0.3) is 0 Å². The van der Waals surface area contributed by atoms with Gasteiger partial charge in [0, 0.05) is 11.4 Å². The molecular weight excluding hydrogens is 312 g/mol. The van der Waals surface area contributed by atoms with E-state index in [1.54, 1.807) is 29.7 Å². The van der Waals surface area contributed by atoms with Gasteiger partial charge in [0.1, 0.15) is 11.8 Å². The molecule has 3 rings (SSSR count). The third-order valence-electron chi connectivity index (χ3n) is 3.82. The normalized spacial score (nSPS) is 17.3. The first-order chi connectivity index (χ1) is 11.1. The molecule has 1 fully saturated rings. The third kappa shape index (κ3) is 3.27. The van der Waals surface area contributed by atoms with Crippen LogP contribution in [0.15, 0.2) is 41.0 Å². The number of aryl methyl sites for hydroxylation is 2. The van der Waals surface area contributed by atoms with Crippen molar-refractivity contribution in [1.29, 1.82) is 0 Å². The summed E-state index contributed by atoms with van der Waals surface area (Å²) in [6.45, 7) is 3.72. The molecule has 1 atom stereocenters. The summed E-state index contributed by atoms with van der Waals surface area (Å²) in [7, 11) is 0. The van der Waals surface area contributed by atoms with Gasteiger partial charge in [-0.15, -0.1) is 11.8 Å². The van der Waals surface area contributed by atoms with E-state index in [2.05, 4.69) is 5.32 Å². The number of carbonyl (C=O) groups is 2. The van der Waals surface area contributed by atoms with E-state index in [0.717, 1.165) is 11.3 Å². The Morgan fingerprint density at radius 1 is 1.30 bits per heavy atom. The van der Waals surface area contributed by atoms with Crippen molar-refractivity contribution in [3.05, 3.63) is 53.5 Å². The lowest BCUT2D eigenvalue weighted by Crippen LogP contribution is -2.44. The second-order valence-corrected chi connectivity index (χ2v) is 6.54. The number of anilines is 1. The number of hydrogen-bond donors (Lipinski definition) is 1. The van der Waals surface area contributed by atoms with Crippen LogP contribution in [-0.4, -0.2) is 34.4 Å². The SMILES string of the molecule is Cc1cccc(NC(=O)C2CSCN2C(=O)c2ccoc2C)c1. The van der Waals surface area contributed by atoms with Gasteiger partial charge in [-0.2, -0.15) is 0 Å². The maximum Gasteiger partial charge on any atom is 0.258 e. The summed E-state index contributed by atoms with van der Waals surface area (Å²) in [5.74, 6) is 1.36. The Balaban J connectivity index is 1.75. The highest BCUT2D eigenvalue weighted by Crippen LogP contribution is 2.25. The molecule has 5 nitrogen and oxygen atoms in total. The summed E-state index contributed by atoms with van der Waals surface area (Å²) >= 11 is 1.58. The van der Waals surface area contributed by atoms with Crippen molar-refractivity contribution in [2.45, 2.75) is 19.9 Å². The standard InChI is InChI=1S/C17H18N2O3S/c1-11-4-3-5-13(8-11)18-16(20)15-9-23-10-19(15)17(21)14-6-7-22-12(14)2/h3-8,15H,9-10H2,1-2H3,(H,18,20). The van der Waals surface area contributed by atoms with Crippen molar-refractivity contribution < 1.29 is 14.0 Å². The van der Waals surface area contributed by atoms with Crippen molar-refractivity contribution in [2.24, 2.45) is 0 Å². The molecule has 0 radical (unpaired) electrons. The Hall–Kier alpha value is -2.21. The first-order valence-corrected chi connectivity index (χ1v) is 8.52. The Bertz CT molecular complexity index is 741. The minimum atomic E-state index is -0.470. The monoisotopic (exact) mass is 330 g/mol. The van der Waals surface area contributed by atoms with Gasteiger partial charge in [0.2, 0.25) is 5.91 Å². The van der Waals surface area contributed by atoms with E-state index in [1.165, 1.54) is 6.26 Å². The highest BCUT2D eigenvalue weighted by atomic mass is 32.2. The lowest BCUT2D eigenvalue weighted by molar-refractivity contribution is -0.119. The Kier molecular flexibility index (Phi) is 4.43. The molecule has 0 bridgehead atoms. The van der Waals surface area contributed by atoms with E-state index in [4.69, 9.17) is 4.42 Å². The predicted octanol–water partition coefficient (Wildman–Crippen LogP) is 3.05. The number of hydrogen-bond acceptors (Lipinski definition) is 4. The molecule has 0 saturated carbocycles. The van der Waals surface area contributed by atoms with Crippen LogP contribution in [0.4, 0.5) is 5.69 Å². The Morgan fingerprint density at radius 3 is 2.83 bits per heavy atom. The molecule has 1 aliphatic heterocycles. The van der Waals surface area contributed by atoms with Gasteiger partial charge in [-0.1, -0.05) is 12.1 Å².